The van der Waals surface area contributed by atoms with Crippen molar-refractivity contribution in [1.29, 1.82) is 0 Å². The number of furan rings is 1. The van der Waals surface area contributed by atoms with Crippen LogP contribution < -0.4 is 5.32 Å². The molecule has 0 aromatic carbocycles. The van der Waals surface area contributed by atoms with E-state index in [0.717, 1.165) is 33.8 Å². The van der Waals surface area contributed by atoms with Gasteiger partial charge in [0.15, 0.2) is 0 Å². The predicted molar refractivity (Wildman–Crippen MR) is 78.0 cm³/mol. The van der Waals surface area contributed by atoms with E-state index >= 15 is 0 Å². The maximum Gasteiger partial charge on any atom is 0.137 e. The van der Waals surface area contributed by atoms with Gasteiger partial charge in [-0.2, -0.15) is 5.10 Å². The number of H-pyrrole nitrogens is 1. The number of aromatic nitrogens is 3. The summed E-state index contributed by atoms with van der Waals surface area (Å²) >= 11 is 7.57. The van der Waals surface area contributed by atoms with Crippen molar-refractivity contribution < 1.29 is 4.42 Å². The fourth-order valence-electron chi connectivity index (χ4n) is 1.97. The molecule has 3 aromatic rings. The monoisotopic (exact) mass is 308 g/mol. The van der Waals surface area contributed by atoms with Crippen LogP contribution in [-0.2, 0) is 6.42 Å². The van der Waals surface area contributed by atoms with E-state index in [2.05, 4.69) is 20.5 Å². The molecule has 3 aromatic heterocycles. The highest BCUT2D eigenvalue weighted by Gasteiger charge is 2.18. The van der Waals surface area contributed by atoms with Gasteiger partial charge in [-0.05, 0) is 24.3 Å². The van der Waals surface area contributed by atoms with Crippen LogP contribution in [0.4, 0.5) is 0 Å². The molecular weight excluding hydrogens is 296 g/mol. The third kappa shape index (κ3) is 3.09. The second-order valence-corrected chi connectivity index (χ2v) is 5.97. The molecule has 1 unspecified atom stereocenters. The Morgan fingerprint density at radius 3 is 3.00 bits per heavy atom. The second kappa shape index (κ2) is 6.21. The summed E-state index contributed by atoms with van der Waals surface area (Å²) in [6.07, 6.45) is 3.96. The normalized spacial score (nSPS) is 12.7. The molecule has 3 heterocycles. The quantitative estimate of drug-likeness (QED) is 0.734. The van der Waals surface area contributed by atoms with E-state index in [1.165, 1.54) is 6.33 Å². The van der Waals surface area contributed by atoms with Gasteiger partial charge in [0, 0.05) is 17.8 Å². The van der Waals surface area contributed by atoms with Gasteiger partial charge in [-0.15, -0.1) is 11.3 Å². The van der Waals surface area contributed by atoms with Crippen LogP contribution in [0.1, 0.15) is 22.5 Å². The van der Waals surface area contributed by atoms with E-state index in [4.69, 9.17) is 16.0 Å². The first-order valence-electron chi connectivity index (χ1n) is 6.19. The second-order valence-electron chi connectivity index (χ2n) is 4.23. The number of hydrogen-bond donors (Lipinski definition) is 2. The molecule has 1 atom stereocenters. The average Bonchev–Trinajstić information content (AvgIpc) is 3.17. The van der Waals surface area contributed by atoms with E-state index in [0.29, 0.717) is 0 Å². The lowest BCUT2D eigenvalue weighted by Crippen LogP contribution is -2.24. The van der Waals surface area contributed by atoms with Crippen LogP contribution in [0, 0.1) is 0 Å². The summed E-state index contributed by atoms with van der Waals surface area (Å²) in [5, 5.41) is 10.1. The van der Waals surface area contributed by atoms with Gasteiger partial charge in [-0.25, -0.2) is 4.98 Å². The number of rotatable bonds is 6. The molecule has 0 saturated carbocycles. The van der Waals surface area contributed by atoms with Crippen LogP contribution in [0.15, 0.2) is 41.3 Å². The Bertz CT molecular complexity index is 635. The Labute approximate surface area is 125 Å². The molecule has 20 heavy (non-hydrogen) atoms. The van der Waals surface area contributed by atoms with Gasteiger partial charge in [0.1, 0.15) is 24.0 Å². The van der Waals surface area contributed by atoms with E-state index < -0.39 is 0 Å². The molecule has 0 spiro atoms. The van der Waals surface area contributed by atoms with Crippen molar-refractivity contribution in [2.45, 2.75) is 12.5 Å². The average molecular weight is 309 g/mol. The zero-order valence-electron chi connectivity index (χ0n) is 10.5. The summed E-state index contributed by atoms with van der Waals surface area (Å²) in [6.45, 7) is 0.760. The fraction of sp³-hybridized carbons (Fsp3) is 0.231. The van der Waals surface area contributed by atoms with E-state index in [-0.39, 0.29) is 6.04 Å². The first-order chi connectivity index (χ1) is 9.83. The molecule has 0 bridgehead atoms. The number of nitrogens with zero attached hydrogens (tertiary/aromatic N) is 2. The Morgan fingerprint density at radius 2 is 2.35 bits per heavy atom. The van der Waals surface area contributed by atoms with Crippen LogP contribution in [0.2, 0.25) is 4.34 Å². The van der Waals surface area contributed by atoms with Crippen molar-refractivity contribution in [3.63, 3.8) is 0 Å². The van der Waals surface area contributed by atoms with Gasteiger partial charge < -0.3 is 9.73 Å². The molecule has 0 aliphatic rings. The van der Waals surface area contributed by atoms with Crippen LogP contribution in [-0.4, -0.2) is 21.7 Å². The number of halogens is 1. The zero-order chi connectivity index (χ0) is 13.8. The van der Waals surface area contributed by atoms with Crippen LogP contribution in [0.25, 0.3) is 0 Å². The third-order valence-corrected chi connectivity index (χ3v) is 4.18. The number of aromatic amines is 1. The molecule has 2 N–H and O–H groups in total. The molecule has 0 fully saturated rings. The number of hydrogen-bond acceptors (Lipinski definition) is 5. The van der Waals surface area contributed by atoms with Crippen LogP contribution in [0.3, 0.4) is 0 Å². The largest absolute Gasteiger partial charge is 0.467 e. The van der Waals surface area contributed by atoms with Gasteiger partial charge in [0.2, 0.25) is 0 Å². The van der Waals surface area contributed by atoms with Gasteiger partial charge in [-0.3, -0.25) is 5.10 Å². The van der Waals surface area contributed by atoms with E-state index in [1.54, 1.807) is 17.6 Å². The summed E-state index contributed by atoms with van der Waals surface area (Å²) in [6, 6.07) is 7.76. The van der Waals surface area contributed by atoms with Crippen molar-refractivity contribution in [2.24, 2.45) is 0 Å². The Morgan fingerprint density at radius 1 is 1.40 bits per heavy atom. The maximum absolute atomic E-state index is 6.02. The van der Waals surface area contributed by atoms with Crippen LogP contribution in [0.5, 0.6) is 0 Å². The van der Waals surface area contributed by atoms with Gasteiger partial charge in [0.25, 0.3) is 0 Å². The zero-order valence-corrected chi connectivity index (χ0v) is 12.1. The van der Waals surface area contributed by atoms with Crippen molar-refractivity contribution in [3.05, 3.63) is 57.7 Å². The molecule has 0 aliphatic carbocycles. The Hall–Kier alpha value is -1.63. The topological polar surface area (TPSA) is 66.7 Å². The molecule has 3 rings (SSSR count). The molecular formula is C13H13ClN4OS. The highest BCUT2D eigenvalue weighted by molar-refractivity contribution is 7.16. The Balaban J connectivity index is 1.70. The van der Waals surface area contributed by atoms with Crippen molar-refractivity contribution in [2.75, 3.05) is 6.54 Å². The fourth-order valence-corrected chi connectivity index (χ4v) is 3.11. The summed E-state index contributed by atoms with van der Waals surface area (Å²) in [5.74, 6) is 1.74. The third-order valence-electron chi connectivity index (χ3n) is 2.88. The van der Waals surface area contributed by atoms with Gasteiger partial charge in [-0.1, -0.05) is 11.6 Å². The molecule has 5 nitrogen and oxygen atoms in total. The van der Waals surface area contributed by atoms with Crippen LogP contribution >= 0.6 is 22.9 Å². The van der Waals surface area contributed by atoms with Gasteiger partial charge >= 0.3 is 0 Å². The number of thiophene rings is 1. The van der Waals surface area contributed by atoms with E-state index in [1.807, 2.05) is 24.3 Å². The van der Waals surface area contributed by atoms with Crippen molar-refractivity contribution in [3.8, 4) is 0 Å². The SMILES string of the molecule is Clc1ccc(C(NCCc2ncn[nH]2)c2ccco2)s1. The molecule has 7 heteroatoms. The standard InChI is InChI=1S/C13H13ClN4OS/c14-11-4-3-10(20-11)13(9-2-1-7-19-9)15-6-5-12-16-8-17-18-12/h1-4,7-8,13,15H,5-6H2,(H,16,17,18). The molecule has 0 amide bonds. The summed E-state index contributed by atoms with van der Waals surface area (Å²) < 4.78 is 6.28. The number of nitrogens with one attached hydrogen (secondary N) is 2. The minimum atomic E-state index is 0.00502. The summed E-state index contributed by atoms with van der Waals surface area (Å²) in [4.78, 5) is 5.23. The highest BCUT2D eigenvalue weighted by atomic mass is 35.5. The highest BCUT2D eigenvalue weighted by Crippen LogP contribution is 2.31. The van der Waals surface area contributed by atoms with Gasteiger partial charge in [0.05, 0.1) is 10.6 Å². The van der Waals surface area contributed by atoms with Crippen molar-refractivity contribution >= 4 is 22.9 Å². The van der Waals surface area contributed by atoms with E-state index in [9.17, 15) is 0 Å². The lowest BCUT2D eigenvalue weighted by molar-refractivity contribution is 0.450. The Kier molecular flexibility index (Phi) is 4.15. The minimum Gasteiger partial charge on any atom is -0.467 e. The first kappa shape index (κ1) is 13.4. The lowest BCUT2D eigenvalue weighted by atomic mass is 10.2. The summed E-state index contributed by atoms with van der Waals surface area (Å²) in [7, 11) is 0. The molecule has 0 saturated heterocycles. The first-order valence-corrected chi connectivity index (χ1v) is 7.38. The maximum atomic E-state index is 6.02. The molecule has 0 radical (unpaired) electrons. The summed E-state index contributed by atoms with van der Waals surface area (Å²) in [5.41, 5.74) is 0. The predicted octanol–water partition coefficient (Wildman–Crippen LogP) is 3.03. The lowest BCUT2D eigenvalue weighted by Gasteiger charge is -2.14. The molecule has 104 valence electrons. The van der Waals surface area contributed by atoms with Crippen molar-refractivity contribution in [1.82, 2.24) is 20.5 Å². The molecule has 0 aliphatic heterocycles. The minimum absolute atomic E-state index is 0.00502. The smallest absolute Gasteiger partial charge is 0.137 e.